The fourth-order valence-electron chi connectivity index (χ4n) is 1.50. The van der Waals surface area contributed by atoms with Crippen LogP contribution in [0.2, 0.25) is 0 Å². The number of nitrogens with one attached hydrogen (secondary N) is 1. The van der Waals surface area contributed by atoms with Crippen LogP contribution in [0.5, 0.6) is 0 Å². The van der Waals surface area contributed by atoms with E-state index in [9.17, 15) is 9.59 Å². The van der Waals surface area contributed by atoms with Gasteiger partial charge in [-0.25, -0.2) is 0 Å². The van der Waals surface area contributed by atoms with Crippen molar-refractivity contribution < 1.29 is 19.1 Å². The lowest BCUT2D eigenvalue weighted by Crippen LogP contribution is -2.46. The van der Waals surface area contributed by atoms with E-state index in [1.807, 2.05) is 32.9 Å². The van der Waals surface area contributed by atoms with Gasteiger partial charge in [0.05, 0.1) is 0 Å². The molecule has 0 aliphatic carbocycles. The Morgan fingerprint density at radius 1 is 1.26 bits per heavy atom. The summed E-state index contributed by atoms with van der Waals surface area (Å²) < 4.78 is 5.55. The van der Waals surface area contributed by atoms with Gasteiger partial charge in [0.15, 0.2) is 0 Å². The Kier molecular flexibility index (Phi) is 4.08. The standard InChI is InChI=1S/C14H21NO4/c1-9-6-7-10(19-9)13(2,3)8-15-11(16)14(4,5)12(17)18/h6-7H,8H2,1-5H3,(H,15,16)(H,17,18). The summed E-state index contributed by atoms with van der Waals surface area (Å²) in [6.45, 7) is 8.79. The summed E-state index contributed by atoms with van der Waals surface area (Å²) in [5.74, 6) is -0.0771. The smallest absolute Gasteiger partial charge is 0.318 e. The molecule has 5 heteroatoms. The van der Waals surface area contributed by atoms with Crippen molar-refractivity contribution in [3.8, 4) is 0 Å². The first-order chi connectivity index (χ1) is 8.57. The van der Waals surface area contributed by atoms with Gasteiger partial charge in [0.1, 0.15) is 16.9 Å². The molecular formula is C14H21NO4. The monoisotopic (exact) mass is 267 g/mol. The highest BCUT2D eigenvalue weighted by Crippen LogP contribution is 2.25. The lowest BCUT2D eigenvalue weighted by atomic mass is 9.88. The number of amides is 1. The van der Waals surface area contributed by atoms with Crippen LogP contribution in [-0.2, 0) is 15.0 Å². The summed E-state index contributed by atoms with van der Waals surface area (Å²) in [5.41, 5.74) is -1.83. The zero-order chi connectivity index (χ0) is 14.8. The van der Waals surface area contributed by atoms with Gasteiger partial charge in [0.25, 0.3) is 0 Å². The van der Waals surface area contributed by atoms with Crippen molar-refractivity contribution >= 4 is 11.9 Å². The molecule has 106 valence electrons. The number of carbonyl (C=O) groups excluding carboxylic acids is 1. The van der Waals surface area contributed by atoms with Crippen molar-refractivity contribution in [3.05, 3.63) is 23.7 Å². The molecule has 0 bridgehead atoms. The molecule has 2 N–H and O–H groups in total. The summed E-state index contributed by atoms with van der Waals surface area (Å²) in [5, 5.41) is 11.7. The van der Waals surface area contributed by atoms with Crippen LogP contribution in [0.3, 0.4) is 0 Å². The Bertz CT molecular complexity index is 485. The second-order valence-electron chi connectivity index (χ2n) is 5.91. The summed E-state index contributed by atoms with van der Waals surface area (Å²) in [6.07, 6.45) is 0. The average molecular weight is 267 g/mol. The first kappa shape index (κ1) is 15.3. The van der Waals surface area contributed by atoms with Gasteiger partial charge in [-0.3, -0.25) is 9.59 Å². The molecule has 0 spiro atoms. The number of carboxylic acid groups (broad SMARTS) is 1. The van der Waals surface area contributed by atoms with E-state index in [0.29, 0.717) is 6.54 Å². The maximum atomic E-state index is 11.9. The highest BCUT2D eigenvalue weighted by Gasteiger charge is 2.37. The second-order valence-corrected chi connectivity index (χ2v) is 5.91. The van der Waals surface area contributed by atoms with Crippen molar-refractivity contribution in [1.29, 1.82) is 0 Å². The molecule has 0 aromatic carbocycles. The van der Waals surface area contributed by atoms with E-state index in [1.54, 1.807) is 0 Å². The van der Waals surface area contributed by atoms with Crippen LogP contribution in [0.4, 0.5) is 0 Å². The third-order valence-electron chi connectivity index (χ3n) is 3.20. The molecule has 1 aromatic rings. The Morgan fingerprint density at radius 3 is 2.26 bits per heavy atom. The van der Waals surface area contributed by atoms with Crippen LogP contribution in [0.25, 0.3) is 0 Å². The quantitative estimate of drug-likeness (QED) is 0.801. The van der Waals surface area contributed by atoms with E-state index in [1.165, 1.54) is 13.8 Å². The molecule has 0 atom stereocenters. The van der Waals surface area contributed by atoms with Crippen LogP contribution < -0.4 is 5.32 Å². The number of aliphatic carboxylic acids is 1. The van der Waals surface area contributed by atoms with E-state index in [4.69, 9.17) is 9.52 Å². The molecule has 0 saturated carbocycles. The molecule has 19 heavy (non-hydrogen) atoms. The molecule has 0 aliphatic rings. The van der Waals surface area contributed by atoms with Crippen molar-refractivity contribution in [2.24, 2.45) is 5.41 Å². The Hall–Kier alpha value is -1.78. The lowest BCUT2D eigenvalue weighted by molar-refractivity contribution is -0.153. The fourth-order valence-corrected chi connectivity index (χ4v) is 1.50. The summed E-state index contributed by atoms with van der Waals surface area (Å²) >= 11 is 0. The predicted octanol–water partition coefficient (Wildman–Crippen LogP) is 2.09. The van der Waals surface area contributed by atoms with Crippen LogP contribution in [0, 0.1) is 12.3 Å². The van der Waals surface area contributed by atoms with E-state index in [0.717, 1.165) is 11.5 Å². The van der Waals surface area contributed by atoms with E-state index in [2.05, 4.69) is 5.32 Å². The number of aryl methyl sites for hydroxylation is 1. The van der Waals surface area contributed by atoms with E-state index in [-0.39, 0.29) is 0 Å². The fraction of sp³-hybridized carbons (Fsp3) is 0.571. The molecule has 0 unspecified atom stereocenters. The molecule has 0 saturated heterocycles. The Morgan fingerprint density at radius 2 is 1.84 bits per heavy atom. The highest BCUT2D eigenvalue weighted by molar-refractivity contribution is 6.00. The first-order valence-corrected chi connectivity index (χ1v) is 6.16. The molecule has 0 fully saturated rings. The molecule has 1 aromatic heterocycles. The molecule has 5 nitrogen and oxygen atoms in total. The van der Waals surface area contributed by atoms with E-state index < -0.39 is 22.7 Å². The Balaban J connectivity index is 2.71. The molecular weight excluding hydrogens is 246 g/mol. The topological polar surface area (TPSA) is 79.5 Å². The van der Waals surface area contributed by atoms with Gasteiger partial charge in [-0.2, -0.15) is 0 Å². The van der Waals surface area contributed by atoms with Crippen LogP contribution >= 0.6 is 0 Å². The van der Waals surface area contributed by atoms with Gasteiger partial charge in [-0.1, -0.05) is 13.8 Å². The van der Waals surface area contributed by atoms with Gasteiger partial charge in [0, 0.05) is 12.0 Å². The van der Waals surface area contributed by atoms with Gasteiger partial charge in [0.2, 0.25) is 5.91 Å². The maximum absolute atomic E-state index is 11.9. The lowest BCUT2D eigenvalue weighted by Gasteiger charge is -2.25. The van der Waals surface area contributed by atoms with Gasteiger partial charge < -0.3 is 14.8 Å². The molecule has 1 heterocycles. The molecule has 1 amide bonds. The van der Waals surface area contributed by atoms with Crippen molar-refractivity contribution in [2.45, 2.75) is 40.0 Å². The van der Waals surface area contributed by atoms with E-state index >= 15 is 0 Å². The van der Waals surface area contributed by atoms with Crippen LogP contribution in [-0.4, -0.2) is 23.5 Å². The van der Waals surface area contributed by atoms with Gasteiger partial charge >= 0.3 is 5.97 Å². The van der Waals surface area contributed by atoms with Gasteiger partial charge in [-0.15, -0.1) is 0 Å². The van der Waals surface area contributed by atoms with Gasteiger partial charge in [-0.05, 0) is 32.9 Å². The van der Waals surface area contributed by atoms with Crippen molar-refractivity contribution in [1.82, 2.24) is 5.32 Å². The van der Waals surface area contributed by atoms with Crippen LogP contribution in [0.15, 0.2) is 16.5 Å². The zero-order valence-electron chi connectivity index (χ0n) is 12.0. The largest absolute Gasteiger partial charge is 0.480 e. The SMILES string of the molecule is Cc1ccc(C(C)(C)CNC(=O)C(C)(C)C(=O)O)o1. The number of hydrogen-bond acceptors (Lipinski definition) is 3. The summed E-state index contributed by atoms with van der Waals surface area (Å²) in [6, 6.07) is 3.73. The highest BCUT2D eigenvalue weighted by atomic mass is 16.4. The number of carboxylic acids is 1. The first-order valence-electron chi connectivity index (χ1n) is 6.16. The Labute approximate surface area is 113 Å². The summed E-state index contributed by atoms with van der Waals surface area (Å²) in [7, 11) is 0. The average Bonchev–Trinajstić information content (AvgIpc) is 2.73. The summed E-state index contributed by atoms with van der Waals surface area (Å²) in [4.78, 5) is 22.8. The number of rotatable bonds is 5. The number of hydrogen-bond donors (Lipinski definition) is 2. The molecule has 0 aliphatic heterocycles. The molecule has 1 rings (SSSR count). The zero-order valence-corrected chi connectivity index (χ0v) is 12.0. The molecule has 0 radical (unpaired) electrons. The van der Waals surface area contributed by atoms with Crippen molar-refractivity contribution in [2.75, 3.05) is 6.54 Å². The number of furan rings is 1. The van der Waals surface area contributed by atoms with Crippen LogP contribution in [0.1, 0.15) is 39.2 Å². The predicted molar refractivity (Wildman–Crippen MR) is 70.9 cm³/mol. The minimum Gasteiger partial charge on any atom is -0.480 e. The minimum absolute atomic E-state index is 0.315. The normalized spacial score (nSPS) is 12.3. The second kappa shape index (κ2) is 5.07. The third kappa shape index (κ3) is 3.36. The minimum atomic E-state index is -1.44. The van der Waals surface area contributed by atoms with Crippen molar-refractivity contribution in [3.63, 3.8) is 0 Å². The maximum Gasteiger partial charge on any atom is 0.318 e. The number of carbonyl (C=O) groups is 2. The third-order valence-corrected chi connectivity index (χ3v) is 3.20.